The lowest BCUT2D eigenvalue weighted by Crippen LogP contribution is -2.33. The first-order chi connectivity index (χ1) is 15.8. The molecule has 0 spiro atoms. The normalized spacial score (nSPS) is 13.9. The van der Waals surface area contributed by atoms with E-state index in [1.54, 1.807) is 4.68 Å². The Hall–Kier alpha value is -3.59. The monoisotopic (exact) mass is 430 g/mol. The van der Waals surface area contributed by atoms with E-state index in [2.05, 4.69) is 61.2 Å². The van der Waals surface area contributed by atoms with E-state index in [-0.39, 0.29) is 12.5 Å². The first-order valence-corrected chi connectivity index (χ1v) is 11.0. The minimum absolute atomic E-state index is 0.0899. The summed E-state index contributed by atoms with van der Waals surface area (Å²) in [7, 11) is 0. The van der Waals surface area contributed by atoms with Gasteiger partial charge in [0.2, 0.25) is 5.91 Å². The molecule has 0 fully saturated rings. The number of rotatable bonds is 8. The van der Waals surface area contributed by atoms with E-state index in [1.807, 2.05) is 29.1 Å². The lowest BCUT2D eigenvalue weighted by atomic mass is 10.00. The number of benzene rings is 2. The van der Waals surface area contributed by atoms with Crippen molar-refractivity contribution in [3.8, 4) is 0 Å². The first kappa shape index (κ1) is 20.3. The van der Waals surface area contributed by atoms with Crippen molar-refractivity contribution in [1.82, 2.24) is 40.2 Å². The molecule has 164 valence electrons. The van der Waals surface area contributed by atoms with Gasteiger partial charge in [-0.05, 0) is 40.5 Å². The van der Waals surface area contributed by atoms with E-state index in [1.165, 1.54) is 11.1 Å². The average Bonchev–Trinajstić information content (AvgIpc) is 3.43. The van der Waals surface area contributed by atoms with E-state index in [4.69, 9.17) is 0 Å². The smallest absolute Gasteiger partial charge is 0.241 e. The number of para-hydroxylation sites is 1. The Balaban J connectivity index is 1.10. The summed E-state index contributed by atoms with van der Waals surface area (Å²) in [5.41, 5.74) is 3.86. The van der Waals surface area contributed by atoms with Crippen molar-refractivity contribution < 1.29 is 4.79 Å². The number of tetrazole rings is 1. The summed E-state index contributed by atoms with van der Waals surface area (Å²) in [5, 5.41) is 20.5. The molecule has 0 saturated heterocycles. The molecule has 1 N–H and O–H groups in total. The van der Waals surface area contributed by atoms with E-state index >= 15 is 0 Å². The molecule has 0 radical (unpaired) electrons. The highest BCUT2D eigenvalue weighted by atomic mass is 16.2. The van der Waals surface area contributed by atoms with Crippen LogP contribution in [0.25, 0.3) is 10.9 Å². The predicted octanol–water partition coefficient (Wildman–Crippen LogP) is 1.79. The Bertz CT molecular complexity index is 1210. The third-order valence-corrected chi connectivity index (χ3v) is 5.89. The van der Waals surface area contributed by atoms with Crippen molar-refractivity contribution in [1.29, 1.82) is 0 Å². The number of carbonyl (C=O) groups is 1. The molecule has 1 amide bonds. The Morgan fingerprint density at radius 3 is 2.81 bits per heavy atom. The highest BCUT2D eigenvalue weighted by molar-refractivity contribution is 5.78. The molecule has 2 aromatic heterocycles. The summed E-state index contributed by atoms with van der Waals surface area (Å²) in [6.45, 7) is 3.90. The summed E-state index contributed by atoms with van der Waals surface area (Å²) >= 11 is 0. The summed E-state index contributed by atoms with van der Waals surface area (Å²) < 4.78 is 3.56. The van der Waals surface area contributed by atoms with E-state index < -0.39 is 0 Å². The second-order valence-corrected chi connectivity index (χ2v) is 8.11. The molecule has 2 aromatic carbocycles. The van der Waals surface area contributed by atoms with E-state index in [9.17, 15) is 4.79 Å². The van der Waals surface area contributed by atoms with Crippen molar-refractivity contribution >= 4 is 16.8 Å². The summed E-state index contributed by atoms with van der Waals surface area (Å²) in [6.07, 6.45) is 3.69. The molecular formula is C23H26N8O. The van der Waals surface area contributed by atoms with E-state index in [0.29, 0.717) is 18.9 Å². The average molecular weight is 431 g/mol. The van der Waals surface area contributed by atoms with Crippen LogP contribution in [0, 0.1) is 0 Å². The highest BCUT2D eigenvalue weighted by Gasteiger charge is 2.19. The van der Waals surface area contributed by atoms with Gasteiger partial charge in [0.1, 0.15) is 6.54 Å². The summed E-state index contributed by atoms with van der Waals surface area (Å²) in [4.78, 5) is 14.7. The number of nitrogens with zero attached hydrogens (tertiary/aromatic N) is 7. The van der Waals surface area contributed by atoms with Gasteiger partial charge in [0.25, 0.3) is 0 Å². The number of amides is 1. The fourth-order valence-corrected chi connectivity index (χ4v) is 4.20. The van der Waals surface area contributed by atoms with Gasteiger partial charge < -0.3 is 5.32 Å². The number of hydrogen-bond donors (Lipinski definition) is 1. The fraction of sp³-hybridized carbons (Fsp3) is 0.348. The van der Waals surface area contributed by atoms with Crippen LogP contribution >= 0.6 is 0 Å². The molecular weight excluding hydrogens is 404 g/mol. The van der Waals surface area contributed by atoms with Gasteiger partial charge >= 0.3 is 0 Å². The second-order valence-electron chi connectivity index (χ2n) is 8.11. The Morgan fingerprint density at radius 2 is 1.88 bits per heavy atom. The number of fused-ring (bicyclic) bond motifs is 2. The van der Waals surface area contributed by atoms with Gasteiger partial charge in [0.15, 0.2) is 5.82 Å². The van der Waals surface area contributed by atoms with Gasteiger partial charge in [0.05, 0.1) is 18.3 Å². The molecule has 1 aliphatic heterocycles. The van der Waals surface area contributed by atoms with Gasteiger partial charge in [0, 0.05) is 31.6 Å². The lowest BCUT2D eigenvalue weighted by Gasteiger charge is -2.28. The molecule has 4 aromatic rings. The maximum absolute atomic E-state index is 12.4. The van der Waals surface area contributed by atoms with Crippen LogP contribution in [0.1, 0.15) is 23.4 Å². The van der Waals surface area contributed by atoms with E-state index in [0.717, 1.165) is 43.4 Å². The van der Waals surface area contributed by atoms with Gasteiger partial charge in [-0.1, -0.05) is 42.5 Å². The number of hydrogen-bond acceptors (Lipinski definition) is 6. The van der Waals surface area contributed by atoms with Crippen LogP contribution in [-0.4, -0.2) is 53.9 Å². The van der Waals surface area contributed by atoms with Crippen LogP contribution in [0.15, 0.2) is 54.7 Å². The maximum Gasteiger partial charge on any atom is 0.241 e. The molecule has 0 bridgehead atoms. The third kappa shape index (κ3) is 4.52. The van der Waals surface area contributed by atoms with Crippen molar-refractivity contribution in [3.63, 3.8) is 0 Å². The Morgan fingerprint density at radius 1 is 1.03 bits per heavy atom. The van der Waals surface area contributed by atoms with Crippen molar-refractivity contribution in [2.24, 2.45) is 0 Å². The first-order valence-electron chi connectivity index (χ1n) is 11.0. The summed E-state index contributed by atoms with van der Waals surface area (Å²) in [6, 6.07) is 16.6. The van der Waals surface area contributed by atoms with Gasteiger partial charge in [-0.15, -0.1) is 5.10 Å². The maximum atomic E-state index is 12.4. The quantitative estimate of drug-likeness (QED) is 0.429. The van der Waals surface area contributed by atoms with Crippen molar-refractivity contribution in [2.75, 3.05) is 13.1 Å². The van der Waals surface area contributed by atoms with Crippen molar-refractivity contribution in [2.45, 2.75) is 39.0 Å². The number of carbonyl (C=O) groups excluding carboxylic acids is 1. The zero-order valence-electron chi connectivity index (χ0n) is 17.9. The van der Waals surface area contributed by atoms with Crippen LogP contribution in [0.4, 0.5) is 0 Å². The van der Waals surface area contributed by atoms with Crippen molar-refractivity contribution in [3.05, 3.63) is 71.7 Å². The molecule has 5 rings (SSSR count). The number of aryl methyl sites for hydroxylation is 1. The molecule has 9 heteroatoms. The molecule has 3 heterocycles. The number of aromatic nitrogens is 6. The minimum Gasteiger partial charge on any atom is -0.354 e. The Kier molecular flexibility index (Phi) is 5.89. The molecule has 0 unspecified atom stereocenters. The van der Waals surface area contributed by atoms with Gasteiger partial charge in [-0.2, -0.15) is 5.10 Å². The van der Waals surface area contributed by atoms with Crippen LogP contribution in [0.2, 0.25) is 0 Å². The molecule has 9 nitrogen and oxygen atoms in total. The molecule has 0 aliphatic carbocycles. The minimum atomic E-state index is -0.0899. The van der Waals surface area contributed by atoms with Crippen LogP contribution < -0.4 is 5.32 Å². The highest BCUT2D eigenvalue weighted by Crippen LogP contribution is 2.19. The van der Waals surface area contributed by atoms with Crippen LogP contribution in [0.3, 0.4) is 0 Å². The molecule has 1 aliphatic rings. The Labute approximate surface area is 186 Å². The van der Waals surface area contributed by atoms with Crippen LogP contribution in [0.5, 0.6) is 0 Å². The molecule has 0 saturated carbocycles. The largest absolute Gasteiger partial charge is 0.354 e. The lowest BCUT2D eigenvalue weighted by molar-refractivity contribution is -0.121. The summed E-state index contributed by atoms with van der Waals surface area (Å²) in [5.74, 6) is 0.621. The number of nitrogens with one attached hydrogen (secondary N) is 1. The third-order valence-electron chi connectivity index (χ3n) is 5.89. The topological polar surface area (TPSA) is 93.8 Å². The fourth-order valence-electron chi connectivity index (χ4n) is 4.20. The second kappa shape index (κ2) is 9.27. The zero-order valence-corrected chi connectivity index (χ0v) is 17.9. The standard InChI is InChI=1S/C23H26N8O/c32-23(24-11-5-12-30-21-9-4-3-7-19(21)14-25-30)17-31-22(26-27-28-31)16-29-13-10-18-6-1-2-8-20(18)15-29/h1-4,6-9,14H,5,10-13,15-17H2,(H,24,32). The van der Waals surface area contributed by atoms with Gasteiger partial charge in [-0.3, -0.25) is 14.4 Å². The molecule has 32 heavy (non-hydrogen) atoms. The van der Waals surface area contributed by atoms with Gasteiger partial charge in [-0.25, -0.2) is 4.68 Å². The SMILES string of the molecule is O=C(Cn1nnnc1CN1CCc2ccccc2C1)NCCCn1ncc2ccccc21. The van der Waals surface area contributed by atoms with Crippen LogP contribution in [-0.2, 0) is 37.4 Å². The molecule has 0 atom stereocenters. The predicted molar refractivity (Wildman–Crippen MR) is 119 cm³/mol. The zero-order chi connectivity index (χ0) is 21.8.